The summed E-state index contributed by atoms with van der Waals surface area (Å²) < 4.78 is 15.8. The van der Waals surface area contributed by atoms with E-state index in [9.17, 15) is 9.36 Å². The Labute approximate surface area is 144 Å². The zero-order valence-corrected chi connectivity index (χ0v) is 15.2. The van der Waals surface area contributed by atoms with E-state index in [0.29, 0.717) is 22.7 Å². The topological polar surface area (TPSA) is 37.4 Å². The fourth-order valence-corrected chi connectivity index (χ4v) is 5.44. The fourth-order valence-electron chi connectivity index (χ4n) is 2.59. The van der Waals surface area contributed by atoms with Gasteiger partial charge in [0, 0.05) is 22.7 Å². The van der Waals surface area contributed by atoms with Crippen molar-refractivity contribution in [2.24, 2.45) is 0 Å². The summed E-state index contributed by atoms with van der Waals surface area (Å²) in [5.74, 6) is -0.250. The van der Waals surface area contributed by atoms with Crippen molar-refractivity contribution in [3.8, 4) is 0 Å². The van der Waals surface area contributed by atoms with Gasteiger partial charge in [0.05, 0.1) is 0 Å². The minimum absolute atomic E-state index is 0.250. The molecule has 1 amide bonds. The maximum absolute atomic E-state index is 14.2. The summed E-state index contributed by atoms with van der Waals surface area (Å²) in [7, 11) is -3.25. The van der Waals surface area contributed by atoms with Crippen molar-refractivity contribution in [2.75, 3.05) is 6.54 Å². The van der Waals surface area contributed by atoms with E-state index in [1.54, 1.807) is 6.92 Å². The lowest BCUT2D eigenvalue weighted by Gasteiger charge is -2.32. The summed E-state index contributed by atoms with van der Waals surface area (Å²) in [6, 6.07) is 18.5. The van der Waals surface area contributed by atoms with Gasteiger partial charge in [-0.25, -0.2) is 0 Å². The van der Waals surface area contributed by atoms with Crippen molar-refractivity contribution in [2.45, 2.75) is 26.7 Å². The van der Waals surface area contributed by atoms with Gasteiger partial charge in [-0.1, -0.05) is 56.3 Å². The van der Waals surface area contributed by atoms with Crippen LogP contribution < -0.4 is 10.6 Å². The third-order valence-corrected chi connectivity index (χ3v) is 6.93. The number of hydrogen-bond acceptors (Lipinski definition) is 2. The van der Waals surface area contributed by atoms with Gasteiger partial charge in [0.1, 0.15) is 0 Å². The average molecular weight is 341 g/mol. The molecule has 0 fully saturated rings. The minimum Gasteiger partial charge on any atom is -0.290 e. The quantitative estimate of drug-likeness (QED) is 0.561. The molecule has 3 nitrogen and oxygen atoms in total. The van der Waals surface area contributed by atoms with E-state index in [-0.39, 0.29) is 5.91 Å². The molecule has 0 saturated carbocycles. The summed E-state index contributed by atoms with van der Waals surface area (Å²) in [6.45, 7) is 7.94. The molecule has 0 aliphatic carbocycles. The summed E-state index contributed by atoms with van der Waals surface area (Å²) in [4.78, 5) is 12.8. The largest absolute Gasteiger partial charge is 0.290 e. The zero-order valence-electron chi connectivity index (χ0n) is 14.3. The van der Waals surface area contributed by atoms with Crippen molar-refractivity contribution in [1.29, 1.82) is 0 Å². The Bertz CT molecular complexity index is 697. The Balaban J connectivity index is 2.65. The Kier molecular flexibility index (Phi) is 6.16. The molecule has 0 aromatic heterocycles. The van der Waals surface area contributed by atoms with Crippen LogP contribution >= 0.6 is 7.29 Å². The van der Waals surface area contributed by atoms with Crippen molar-refractivity contribution < 1.29 is 9.36 Å². The van der Waals surface area contributed by atoms with Gasteiger partial charge in [0.25, 0.3) is 5.91 Å². The Hall–Kier alpha value is -2.12. The first-order valence-corrected chi connectivity index (χ1v) is 9.87. The molecular formula is C20H24NO2P. The highest BCUT2D eigenvalue weighted by molar-refractivity contribution is 7.77. The molecule has 0 saturated heterocycles. The van der Waals surface area contributed by atoms with Crippen molar-refractivity contribution in [1.82, 2.24) is 4.67 Å². The molecule has 24 heavy (non-hydrogen) atoms. The maximum Gasteiger partial charge on any atom is 0.254 e. The van der Waals surface area contributed by atoms with E-state index < -0.39 is 7.29 Å². The third kappa shape index (κ3) is 3.68. The minimum atomic E-state index is -3.25. The summed E-state index contributed by atoms with van der Waals surface area (Å²) in [5.41, 5.74) is 0.401. The van der Waals surface area contributed by atoms with Crippen LogP contribution in [0.4, 0.5) is 0 Å². The van der Waals surface area contributed by atoms with E-state index >= 15 is 0 Å². The molecule has 0 spiro atoms. The monoisotopic (exact) mass is 341 g/mol. The second kappa shape index (κ2) is 8.12. The Morgan fingerprint density at radius 1 is 1.00 bits per heavy atom. The molecule has 2 aromatic carbocycles. The molecule has 0 aliphatic rings. The van der Waals surface area contributed by atoms with Crippen molar-refractivity contribution in [3.63, 3.8) is 0 Å². The molecule has 2 aromatic rings. The summed E-state index contributed by atoms with van der Waals surface area (Å²) in [5, 5.41) is 1.34. The van der Waals surface area contributed by atoms with Crippen molar-refractivity contribution in [3.05, 3.63) is 72.8 Å². The molecule has 0 atom stereocenters. The summed E-state index contributed by atoms with van der Waals surface area (Å²) >= 11 is 0. The number of benzene rings is 2. The molecule has 0 N–H and O–H groups in total. The first kappa shape index (κ1) is 18.2. The number of amides is 1. The number of carbonyl (C=O) groups is 1. The highest BCUT2D eigenvalue weighted by Gasteiger charge is 2.37. The lowest BCUT2D eigenvalue weighted by atomic mass is 10.3. The SMILES string of the molecule is C=C(C)C(=O)N(CCCC)P(=O)(c1ccccc1)c1ccccc1. The molecule has 4 heteroatoms. The van der Waals surface area contributed by atoms with E-state index in [1.807, 2.05) is 60.7 Å². The van der Waals surface area contributed by atoms with E-state index in [1.165, 1.54) is 4.67 Å². The molecule has 0 bridgehead atoms. The average Bonchev–Trinajstić information content (AvgIpc) is 2.62. The van der Waals surface area contributed by atoms with Crippen LogP contribution in [0.25, 0.3) is 0 Å². The molecule has 0 unspecified atom stereocenters. The van der Waals surface area contributed by atoms with E-state index in [0.717, 1.165) is 12.8 Å². The van der Waals surface area contributed by atoms with Crippen LogP contribution in [0.1, 0.15) is 26.7 Å². The van der Waals surface area contributed by atoms with Gasteiger partial charge in [-0.05, 0) is 37.6 Å². The molecule has 126 valence electrons. The lowest BCUT2D eigenvalue weighted by molar-refractivity contribution is -0.122. The molecule has 0 radical (unpaired) electrons. The zero-order chi connectivity index (χ0) is 17.6. The molecular weight excluding hydrogens is 317 g/mol. The van der Waals surface area contributed by atoms with Crippen LogP contribution in [0.5, 0.6) is 0 Å². The van der Waals surface area contributed by atoms with Gasteiger partial charge in [0.2, 0.25) is 7.29 Å². The van der Waals surface area contributed by atoms with Crippen LogP contribution in [0.3, 0.4) is 0 Å². The predicted octanol–water partition coefficient (Wildman–Crippen LogP) is 4.12. The van der Waals surface area contributed by atoms with E-state index in [2.05, 4.69) is 13.5 Å². The second-order valence-electron chi connectivity index (χ2n) is 5.81. The van der Waals surface area contributed by atoms with Crippen LogP contribution in [0.2, 0.25) is 0 Å². The molecule has 2 rings (SSSR count). The van der Waals surface area contributed by atoms with Crippen LogP contribution in [0, 0.1) is 0 Å². The first-order valence-electron chi connectivity index (χ1n) is 8.21. The van der Waals surface area contributed by atoms with Gasteiger partial charge >= 0.3 is 0 Å². The maximum atomic E-state index is 14.2. The Morgan fingerprint density at radius 3 is 1.83 bits per heavy atom. The van der Waals surface area contributed by atoms with Gasteiger partial charge in [0.15, 0.2) is 0 Å². The number of nitrogens with zero attached hydrogens (tertiary/aromatic N) is 1. The highest BCUT2D eigenvalue weighted by atomic mass is 31.2. The molecule has 0 heterocycles. The van der Waals surface area contributed by atoms with Gasteiger partial charge in [-0.2, -0.15) is 0 Å². The Morgan fingerprint density at radius 2 is 1.46 bits per heavy atom. The van der Waals surface area contributed by atoms with Crippen LogP contribution in [-0.4, -0.2) is 17.1 Å². The van der Waals surface area contributed by atoms with Gasteiger partial charge < -0.3 is 0 Å². The smallest absolute Gasteiger partial charge is 0.254 e. The fraction of sp³-hybridized carbons (Fsp3) is 0.250. The second-order valence-corrected chi connectivity index (χ2v) is 8.48. The number of rotatable bonds is 7. The predicted molar refractivity (Wildman–Crippen MR) is 101 cm³/mol. The third-order valence-electron chi connectivity index (χ3n) is 3.88. The molecule has 0 aliphatic heterocycles. The van der Waals surface area contributed by atoms with Gasteiger partial charge in [-0.15, -0.1) is 0 Å². The van der Waals surface area contributed by atoms with Gasteiger partial charge in [-0.3, -0.25) is 14.0 Å². The number of carbonyl (C=O) groups excluding carboxylic acids is 1. The standard InChI is InChI=1S/C20H24NO2P/c1-4-5-16-21(20(22)17(2)3)24(23,18-12-8-6-9-13-18)19-14-10-7-11-15-19/h6-15H,2,4-5,16H2,1,3H3. The van der Waals surface area contributed by atoms with Crippen LogP contribution in [0.15, 0.2) is 72.8 Å². The van der Waals surface area contributed by atoms with Crippen molar-refractivity contribution >= 4 is 23.8 Å². The summed E-state index contributed by atoms with van der Waals surface area (Å²) in [6.07, 6.45) is 1.71. The first-order chi connectivity index (χ1) is 11.5. The number of unbranched alkanes of at least 4 members (excludes halogenated alkanes) is 1. The highest BCUT2D eigenvalue weighted by Crippen LogP contribution is 2.48. The number of hydrogen-bond donors (Lipinski definition) is 0. The lowest BCUT2D eigenvalue weighted by Crippen LogP contribution is -2.37. The normalized spacial score (nSPS) is 11.1. The van der Waals surface area contributed by atoms with E-state index in [4.69, 9.17) is 0 Å². The van der Waals surface area contributed by atoms with Crippen LogP contribution in [-0.2, 0) is 9.36 Å².